The van der Waals surface area contributed by atoms with Gasteiger partial charge in [0.05, 0.1) is 5.69 Å². The second kappa shape index (κ2) is 6.92. The Bertz CT molecular complexity index is 440. The molecule has 1 heterocycles. The first-order valence-electron chi connectivity index (χ1n) is 6.39. The highest BCUT2D eigenvalue weighted by Gasteiger charge is 2.12. The number of rotatable bonds is 6. The molecule has 19 heavy (non-hydrogen) atoms. The van der Waals surface area contributed by atoms with Gasteiger partial charge in [-0.1, -0.05) is 0 Å². The van der Waals surface area contributed by atoms with Gasteiger partial charge < -0.3 is 10.2 Å². The molecule has 1 rings (SSSR count). The highest BCUT2D eigenvalue weighted by Crippen LogP contribution is 2.02. The van der Waals surface area contributed by atoms with Gasteiger partial charge >= 0.3 is 0 Å². The van der Waals surface area contributed by atoms with E-state index in [1.807, 2.05) is 19.9 Å². The number of aromatic nitrogens is 2. The van der Waals surface area contributed by atoms with E-state index >= 15 is 0 Å². The maximum absolute atomic E-state index is 11.7. The molecule has 0 unspecified atom stereocenters. The third-order valence-electron chi connectivity index (χ3n) is 2.75. The van der Waals surface area contributed by atoms with E-state index in [0.717, 1.165) is 11.4 Å². The van der Waals surface area contributed by atoms with Crippen molar-refractivity contribution in [2.24, 2.45) is 0 Å². The van der Waals surface area contributed by atoms with Crippen LogP contribution in [0.2, 0.25) is 0 Å². The summed E-state index contributed by atoms with van der Waals surface area (Å²) < 4.78 is 0. The number of nitrogens with zero attached hydrogens (tertiary/aromatic N) is 2. The smallest absolute Gasteiger partial charge is 0.222 e. The fourth-order valence-electron chi connectivity index (χ4n) is 1.73. The highest BCUT2D eigenvalue weighted by atomic mass is 16.2. The molecule has 106 valence electrons. The zero-order chi connectivity index (χ0) is 14.4. The van der Waals surface area contributed by atoms with Crippen LogP contribution in [-0.4, -0.2) is 47.0 Å². The maximum Gasteiger partial charge on any atom is 0.222 e. The number of carbonyl (C=O) groups excluding carboxylic acids is 2. The number of hydrogen-bond donors (Lipinski definition) is 2. The number of aryl methyl sites for hydroxylation is 1. The van der Waals surface area contributed by atoms with Crippen LogP contribution in [0.5, 0.6) is 0 Å². The van der Waals surface area contributed by atoms with Crippen LogP contribution >= 0.6 is 0 Å². The summed E-state index contributed by atoms with van der Waals surface area (Å²) in [6.07, 6.45) is 1.14. The fourth-order valence-corrected chi connectivity index (χ4v) is 1.73. The van der Waals surface area contributed by atoms with Crippen molar-refractivity contribution < 1.29 is 9.59 Å². The largest absolute Gasteiger partial charge is 0.353 e. The van der Waals surface area contributed by atoms with Crippen molar-refractivity contribution in [3.8, 4) is 0 Å². The molecule has 0 aliphatic heterocycles. The molecule has 1 atom stereocenters. The van der Waals surface area contributed by atoms with Gasteiger partial charge in [0.2, 0.25) is 11.8 Å². The summed E-state index contributed by atoms with van der Waals surface area (Å²) >= 11 is 0. The van der Waals surface area contributed by atoms with Crippen LogP contribution in [0, 0.1) is 6.92 Å². The molecular formula is C13H22N4O2. The second-order valence-corrected chi connectivity index (χ2v) is 5.00. The van der Waals surface area contributed by atoms with E-state index in [4.69, 9.17) is 0 Å². The van der Waals surface area contributed by atoms with Crippen molar-refractivity contribution in [3.05, 3.63) is 17.5 Å². The average Bonchev–Trinajstić information content (AvgIpc) is 2.71. The number of aromatic amines is 1. The molecule has 6 heteroatoms. The molecule has 0 radical (unpaired) electrons. The van der Waals surface area contributed by atoms with Crippen molar-refractivity contribution in [3.63, 3.8) is 0 Å². The number of H-pyrrole nitrogens is 1. The van der Waals surface area contributed by atoms with Gasteiger partial charge in [-0.2, -0.15) is 5.10 Å². The molecule has 0 saturated carbocycles. The molecule has 1 aromatic heterocycles. The lowest BCUT2D eigenvalue weighted by atomic mass is 10.1. The maximum atomic E-state index is 11.7. The van der Waals surface area contributed by atoms with Gasteiger partial charge in [0, 0.05) is 45.1 Å². The van der Waals surface area contributed by atoms with E-state index in [1.165, 1.54) is 4.90 Å². The van der Waals surface area contributed by atoms with Gasteiger partial charge in [0.15, 0.2) is 0 Å². The lowest BCUT2D eigenvalue weighted by Crippen LogP contribution is -2.35. The first-order valence-corrected chi connectivity index (χ1v) is 6.39. The van der Waals surface area contributed by atoms with Crippen molar-refractivity contribution >= 4 is 11.8 Å². The summed E-state index contributed by atoms with van der Waals surface area (Å²) in [5.74, 6) is -0.138. The molecule has 0 bridgehead atoms. The van der Waals surface area contributed by atoms with Crippen LogP contribution in [0.4, 0.5) is 0 Å². The van der Waals surface area contributed by atoms with E-state index < -0.39 is 0 Å². The summed E-state index contributed by atoms with van der Waals surface area (Å²) in [5, 5.41) is 9.86. The quantitative estimate of drug-likeness (QED) is 0.793. The van der Waals surface area contributed by atoms with E-state index in [0.29, 0.717) is 6.42 Å². The van der Waals surface area contributed by atoms with Crippen LogP contribution in [0.3, 0.4) is 0 Å². The standard InChI is InChI=1S/C13H22N4O2/c1-9(7-11-8-10(2)15-16-11)14-12(18)5-6-13(19)17(3)4/h8-9H,5-7H2,1-4H3,(H,14,18)(H,15,16)/t9-/m1/s1. The first kappa shape index (κ1) is 15.2. The Labute approximate surface area is 113 Å². The Morgan fingerprint density at radius 1 is 1.42 bits per heavy atom. The zero-order valence-corrected chi connectivity index (χ0v) is 12.0. The van der Waals surface area contributed by atoms with Gasteiger partial charge in [-0.3, -0.25) is 14.7 Å². The Hall–Kier alpha value is -1.85. The van der Waals surface area contributed by atoms with Crippen LogP contribution in [0.25, 0.3) is 0 Å². The summed E-state index contributed by atoms with van der Waals surface area (Å²) in [7, 11) is 3.37. The summed E-state index contributed by atoms with van der Waals surface area (Å²) in [6.45, 7) is 3.86. The lowest BCUT2D eigenvalue weighted by molar-refractivity contribution is -0.131. The molecule has 0 aromatic carbocycles. The second-order valence-electron chi connectivity index (χ2n) is 5.00. The van der Waals surface area contributed by atoms with Gasteiger partial charge in [0.1, 0.15) is 0 Å². The topological polar surface area (TPSA) is 78.1 Å². The minimum Gasteiger partial charge on any atom is -0.353 e. The molecule has 0 fully saturated rings. The molecular weight excluding hydrogens is 244 g/mol. The first-order chi connectivity index (χ1) is 8.88. The van der Waals surface area contributed by atoms with Crippen molar-refractivity contribution in [1.82, 2.24) is 20.4 Å². The predicted octanol–water partition coefficient (Wildman–Crippen LogP) is 0.634. The van der Waals surface area contributed by atoms with Crippen molar-refractivity contribution in [2.75, 3.05) is 14.1 Å². The Balaban J connectivity index is 2.30. The molecule has 0 aliphatic carbocycles. The van der Waals surface area contributed by atoms with Crippen molar-refractivity contribution in [1.29, 1.82) is 0 Å². The minimum atomic E-state index is -0.102. The van der Waals surface area contributed by atoms with Crippen LogP contribution in [0.1, 0.15) is 31.2 Å². The molecule has 0 saturated heterocycles. The van der Waals surface area contributed by atoms with Crippen LogP contribution < -0.4 is 5.32 Å². The predicted molar refractivity (Wildman–Crippen MR) is 72.6 cm³/mol. The van der Waals surface area contributed by atoms with E-state index in [1.54, 1.807) is 14.1 Å². The third kappa shape index (κ3) is 5.54. The van der Waals surface area contributed by atoms with Gasteiger partial charge in [-0.25, -0.2) is 0 Å². The molecule has 2 N–H and O–H groups in total. The number of hydrogen-bond acceptors (Lipinski definition) is 3. The van der Waals surface area contributed by atoms with Crippen LogP contribution in [-0.2, 0) is 16.0 Å². The Morgan fingerprint density at radius 3 is 2.63 bits per heavy atom. The molecule has 0 aliphatic rings. The summed E-state index contributed by atoms with van der Waals surface area (Å²) in [4.78, 5) is 24.5. The zero-order valence-electron chi connectivity index (χ0n) is 12.0. The van der Waals surface area contributed by atoms with E-state index in [2.05, 4.69) is 15.5 Å². The highest BCUT2D eigenvalue weighted by molar-refractivity contribution is 5.83. The van der Waals surface area contributed by atoms with Gasteiger partial charge in [-0.15, -0.1) is 0 Å². The Morgan fingerprint density at radius 2 is 2.11 bits per heavy atom. The third-order valence-corrected chi connectivity index (χ3v) is 2.75. The monoisotopic (exact) mass is 266 g/mol. The van der Waals surface area contributed by atoms with Gasteiger partial charge in [-0.05, 0) is 19.9 Å². The van der Waals surface area contributed by atoms with E-state index in [-0.39, 0.29) is 30.7 Å². The fraction of sp³-hybridized carbons (Fsp3) is 0.615. The Kier molecular flexibility index (Phi) is 5.54. The van der Waals surface area contributed by atoms with Gasteiger partial charge in [0.25, 0.3) is 0 Å². The average molecular weight is 266 g/mol. The minimum absolute atomic E-state index is 0.00431. The number of carbonyl (C=O) groups is 2. The normalized spacial score (nSPS) is 12.0. The van der Waals surface area contributed by atoms with E-state index in [9.17, 15) is 9.59 Å². The van der Waals surface area contributed by atoms with Crippen LogP contribution in [0.15, 0.2) is 6.07 Å². The molecule has 0 spiro atoms. The molecule has 2 amide bonds. The van der Waals surface area contributed by atoms with Crippen molar-refractivity contribution in [2.45, 2.75) is 39.2 Å². The summed E-state index contributed by atoms with van der Waals surface area (Å²) in [6, 6.07) is 1.96. The SMILES string of the molecule is Cc1cc(C[C@@H](C)NC(=O)CCC(=O)N(C)C)n[nH]1. The molecule has 6 nitrogen and oxygen atoms in total. The molecule has 1 aromatic rings. The number of nitrogens with one attached hydrogen (secondary N) is 2. The number of amides is 2. The lowest BCUT2D eigenvalue weighted by Gasteiger charge is -2.13. The summed E-state index contributed by atoms with van der Waals surface area (Å²) in [5.41, 5.74) is 1.93.